The molecular formula is C31H43NO5. The molecule has 1 aromatic carbocycles. The van der Waals surface area contributed by atoms with Crippen LogP contribution in [-0.2, 0) is 14.3 Å². The van der Waals surface area contributed by atoms with Gasteiger partial charge in [0.15, 0.2) is 23.1 Å². The summed E-state index contributed by atoms with van der Waals surface area (Å²) in [6, 6.07) is 5.87. The van der Waals surface area contributed by atoms with Gasteiger partial charge in [0.25, 0.3) is 0 Å². The number of ketones is 2. The molecule has 0 spiro atoms. The maximum absolute atomic E-state index is 13.9. The van der Waals surface area contributed by atoms with E-state index in [9.17, 15) is 9.59 Å². The quantitative estimate of drug-likeness (QED) is 0.389. The van der Waals surface area contributed by atoms with Crippen molar-refractivity contribution in [2.75, 3.05) is 27.4 Å². The Kier molecular flexibility index (Phi) is 7.62. The Bertz CT molecular complexity index is 1090. The van der Waals surface area contributed by atoms with E-state index in [2.05, 4.69) is 32.6 Å². The molecule has 2 aliphatic carbocycles. The first-order chi connectivity index (χ1) is 17.4. The van der Waals surface area contributed by atoms with Crippen molar-refractivity contribution in [3.05, 3.63) is 46.3 Å². The Hall–Kier alpha value is -2.60. The summed E-state index contributed by atoms with van der Waals surface area (Å²) >= 11 is 0. The minimum absolute atomic E-state index is 0.00279. The van der Waals surface area contributed by atoms with Crippen molar-refractivity contribution in [3.63, 3.8) is 0 Å². The van der Waals surface area contributed by atoms with Crippen molar-refractivity contribution in [1.29, 1.82) is 0 Å². The number of allylic oxidation sites excluding steroid dienone is 4. The fraction of sp³-hybridized carbons (Fsp3) is 0.613. The second-order valence-electron chi connectivity index (χ2n) is 12.6. The molecule has 0 radical (unpaired) electrons. The summed E-state index contributed by atoms with van der Waals surface area (Å²) in [7, 11) is 3.34. The number of carbonyl (C=O) groups excluding carboxylic acids is 2. The largest absolute Gasteiger partial charge is 0.493 e. The van der Waals surface area contributed by atoms with Crippen molar-refractivity contribution in [1.82, 2.24) is 4.90 Å². The van der Waals surface area contributed by atoms with Gasteiger partial charge in [-0.15, -0.1) is 0 Å². The van der Waals surface area contributed by atoms with Gasteiger partial charge in [-0.25, -0.2) is 0 Å². The van der Waals surface area contributed by atoms with Crippen LogP contribution in [0.1, 0.15) is 85.1 Å². The van der Waals surface area contributed by atoms with Gasteiger partial charge in [-0.2, -0.15) is 0 Å². The Labute approximate surface area is 222 Å². The summed E-state index contributed by atoms with van der Waals surface area (Å²) < 4.78 is 17.0. The number of methoxy groups -OCH3 is 2. The molecule has 6 nitrogen and oxygen atoms in total. The van der Waals surface area contributed by atoms with Crippen LogP contribution in [0.15, 0.2) is 40.7 Å². The van der Waals surface area contributed by atoms with E-state index < -0.39 is 5.92 Å². The Morgan fingerprint density at radius 3 is 1.95 bits per heavy atom. The number of carbonyl (C=O) groups is 2. The standard InChI is InChI=1S/C31H43NO5/c1-19(2)37-25-11-10-20(14-26(25)36-8)27-28-21(15-30(3,4)17-23(28)33)32(12-9-13-35-7)22-16-31(5,6)18-24(34)29(22)27/h10-11,14,19,27H,9,12-13,15-18H2,1-8H3. The van der Waals surface area contributed by atoms with E-state index in [0.717, 1.165) is 53.9 Å². The third kappa shape index (κ3) is 5.50. The minimum Gasteiger partial charge on any atom is -0.493 e. The first kappa shape index (κ1) is 27.4. The predicted molar refractivity (Wildman–Crippen MR) is 145 cm³/mol. The monoisotopic (exact) mass is 509 g/mol. The maximum atomic E-state index is 13.9. The molecule has 202 valence electrons. The summed E-state index contributed by atoms with van der Waals surface area (Å²) in [5.41, 5.74) is 4.34. The van der Waals surface area contributed by atoms with Crippen LogP contribution in [0.3, 0.4) is 0 Å². The molecule has 1 aromatic rings. The van der Waals surface area contributed by atoms with Crippen molar-refractivity contribution in [2.24, 2.45) is 10.8 Å². The molecule has 0 atom stereocenters. The van der Waals surface area contributed by atoms with E-state index in [4.69, 9.17) is 14.2 Å². The van der Waals surface area contributed by atoms with Crippen LogP contribution in [-0.4, -0.2) is 49.9 Å². The number of hydrogen-bond donors (Lipinski definition) is 0. The molecule has 3 aliphatic rings. The van der Waals surface area contributed by atoms with E-state index in [1.54, 1.807) is 14.2 Å². The summed E-state index contributed by atoms with van der Waals surface area (Å²) in [6.45, 7) is 14.0. The third-order valence-electron chi connectivity index (χ3n) is 7.64. The molecule has 0 unspecified atom stereocenters. The molecular weight excluding hydrogens is 466 g/mol. The highest BCUT2D eigenvalue weighted by molar-refractivity contribution is 6.06. The van der Waals surface area contributed by atoms with Gasteiger partial charge in [-0.05, 0) is 61.6 Å². The average molecular weight is 510 g/mol. The van der Waals surface area contributed by atoms with E-state index in [-0.39, 0.29) is 28.5 Å². The zero-order valence-electron chi connectivity index (χ0n) is 23.8. The molecule has 1 heterocycles. The van der Waals surface area contributed by atoms with E-state index in [0.29, 0.717) is 30.9 Å². The van der Waals surface area contributed by atoms with Crippen molar-refractivity contribution in [3.8, 4) is 11.5 Å². The van der Waals surface area contributed by atoms with Crippen molar-refractivity contribution >= 4 is 11.6 Å². The van der Waals surface area contributed by atoms with Crippen LogP contribution >= 0.6 is 0 Å². The lowest BCUT2D eigenvalue weighted by Crippen LogP contribution is -2.44. The van der Waals surface area contributed by atoms with Crippen LogP contribution < -0.4 is 9.47 Å². The average Bonchev–Trinajstić information content (AvgIpc) is 2.78. The second kappa shape index (κ2) is 10.3. The van der Waals surface area contributed by atoms with Gasteiger partial charge in [0, 0.05) is 61.6 Å². The molecule has 0 fully saturated rings. The highest BCUT2D eigenvalue weighted by atomic mass is 16.5. The number of ether oxygens (including phenoxy) is 3. The van der Waals surface area contributed by atoms with Crippen LogP contribution in [0, 0.1) is 10.8 Å². The smallest absolute Gasteiger partial charge is 0.162 e. The fourth-order valence-electron chi connectivity index (χ4n) is 6.23. The summed E-state index contributed by atoms with van der Waals surface area (Å²) in [5.74, 6) is 1.16. The molecule has 0 saturated carbocycles. The zero-order chi connectivity index (χ0) is 27.1. The molecule has 4 rings (SSSR count). The Morgan fingerprint density at radius 1 is 0.892 bits per heavy atom. The highest BCUT2D eigenvalue weighted by Crippen LogP contribution is 2.55. The number of rotatable bonds is 8. The number of hydrogen-bond acceptors (Lipinski definition) is 6. The number of nitrogens with zero attached hydrogens (tertiary/aromatic N) is 1. The lowest BCUT2D eigenvalue weighted by molar-refractivity contribution is -0.119. The molecule has 0 N–H and O–H groups in total. The summed E-state index contributed by atoms with van der Waals surface area (Å²) in [6.07, 6.45) is 3.38. The lowest BCUT2D eigenvalue weighted by atomic mass is 9.63. The van der Waals surface area contributed by atoms with Gasteiger partial charge in [-0.3, -0.25) is 9.59 Å². The summed E-state index contributed by atoms with van der Waals surface area (Å²) in [5, 5.41) is 0. The first-order valence-corrected chi connectivity index (χ1v) is 13.5. The van der Waals surface area contributed by atoms with Crippen molar-refractivity contribution in [2.45, 2.75) is 85.7 Å². The number of benzene rings is 1. The van der Waals surface area contributed by atoms with Gasteiger partial charge in [-0.1, -0.05) is 33.8 Å². The number of Topliss-reactive ketones (excluding diaryl/α,β-unsaturated/α-hetero) is 2. The van der Waals surface area contributed by atoms with E-state index >= 15 is 0 Å². The molecule has 6 heteroatoms. The lowest BCUT2D eigenvalue weighted by Gasteiger charge is -2.49. The molecule has 0 aromatic heterocycles. The molecule has 0 amide bonds. The topological polar surface area (TPSA) is 65.1 Å². The van der Waals surface area contributed by atoms with Crippen LogP contribution in [0.5, 0.6) is 11.5 Å². The van der Waals surface area contributed by atoms with Crippen LogP contribution in [0.4, 0.5) is 0 Å². The predicted octanol–water partition coefficient (Wildman–Crippen LogP) is 6.20. The van der Waals surface area contributed by atoms with Gasteiger partial charge in [0.1, 0.15) is 0 Å². The fourth-order valence-corrected chi connectivity index (χ4v) is 6.23. The molecule has 1 aliphatic heterocycles. The van der Waals surface area contributed by atoms with Gasteiger partial charge in [0.2, 0.25) is 0 Å². The Balaban J connectivity index is 1.94. The first-order valence-electron chi connectivity index (χ1n) is 13.5. The Morgan fingerprint density at radius 2 is 1.46 bits per heavy atom. The zero-order valence-corrected chi connectivity index (χ0v) is 23.8. The van der Waals surface area contributed by atoms with E-state index in [1.807, 2.05) is 32.0 Å². The minimum atomic E-state index is -0.391. The van der Waals surface area contributed by atoms with Gasteiger partial charge in [0.05, 0.1) is 13.2 Å². The maximum Gasteiger partial charge on any atom is 0.162 e. The summed E-state index contributed by atoms with van der Waals surface area (Å²) in [4.78, 5) is 30.1. The SMILES string of the molecule is COCCCN1C2=C(C(=O)CC(C)(C)C2)C(c2ccc(OC(C)C)c(OC)c2)C2=C1CC(C)(C)CC2=O. The molecule has 0 saturated heterocycles. The highest BCUT2D eigenvalue weighted by Gasteiger charge is 2.48. The second-order valence-corrected chi connectivity index (χ2v) is 12.6. The van der Waals surface area contributed by atoms with Crippen LogP contribution in [0.2, 0.25) is 0 Å². The third-order valence-corrected chi connectivity index (χ3v) is 7.64. The van der Waals surface area contributed by atoms with Crippen molar-refractivity contribution < 1.29 is 23.8 Å². The van der Waals surface area contributed by atoms with Gasteiger partial charge >= 0.3 is 0 Å². The van der Waals surface area contributed by atoms with Gasteiger partial charge < -0.3 is 19.1 Å². The van der Waals surface area contributed by atoms with E-state index in [1.165, 1.54) is 0 Å². The molecule has 0 bridgehead atoms. The normalized spacial score (nSPS) is 21.4. The molecule has 37 heavy (non-hydrogen) atoms. The van der Waals surface area contributed by atoms with Crippen LogP contribution in [0.25, 0.3) is 0 Å².